The van der Waals surface area contributed by atoms with E-state index in [0.717, 1.165) is 10.5 Å². The molecular formula is C22H20F3NO4. The van der Waals surface area contributed by atoms with Crippen LogP contribution in [0.25, 0.3) is 0 Å². The summed E-state index contributed by atoms with van der Waals surface area (Å²) in [6.45, 7) is 0.141. The van der Waals surface area contributed by atoms with Gasteiger partial charge in [0.1, 0.15) is 6.10 Å². The van der Waals surface area contributed by atoms with Gasteiger partial charge in [-0.3, -0.25) is 4.79 Å². The standard InChI is InChI=1S/C22H20F3NO4/c23-22(24,25)19(27)17-7-4-10-26(17)20(28)14-8-9-16-15(11-14)12-18(30-21(16)29)13-5-2-1-3-6-13/h1-3,5-6,8-9,11,17-19,27H,4,7,10,12H2/t17-,18-,19-/m0/s1. The summed E-state index contributed by atoms with van der Waals surface area (Å²) in [5.41, 5.74) is 1.96. The fourth-order valence-corrected chi connectivity index (χ4v) is 4.14. The van der Waals surface area contributed by atoms with Gasteiger partial charge in [-0.25, -0.2) is 4.79 Å². The number of hydrogen-bond acceptors (Lipinski definition) is 4. The first-order valence-electron chi connectivity index (χ1n) is 9.70. The van der Waals surface area contributed by atoms with Crippen LogP contribution in [0.4, 0.5) is 13.2 Å². The minimum Gasteiger partial charge on any atom is -0.454 e. The Kier molecular flexibility index (Phi) is 5.27. The summed E-state index contributed by atoms with van der Waals surface area (Å²) < 4.78 is 44.4. The lowest BCUT2D eigenvalue weighted by Gasteiger charge is -2.30. The molecule has 1 fully saturated rings. The van der Waals surface area contributed by atoms with E-state index in [2.05, 4.69) is 0 Å². The number of likely N-dealkylation sites (tertiary alicyclic amines) is 1. The first kappa shape index (κ1) is 20.4. The number of ether oxygens (including phenoxy) is 1. The molecule has 1 saturated heterocycles. The van der Waals surface area contributed by atoms with E-state index in [1.54, 1.807) is 6.07 Å². The Morgan fingerprint density at radius 2 is 1.90 bits per heavy atom. The van der Waals surface area contributed by atoms with Crippen molar-refractivity contribution in [1.29, 1.82) is 0 Å². The molecule has 30 heavy (non-hydrogen) atoms. The number of benzene rings is 2. The molecule has 0 saturated carbocycles. The van der Waals surface area contributed by atoms with Gasteiger partial charge in [0, 0.05) is 18.5 Å². The van der Waals surface area contributed by atoms with Crippen LogP contribution in [0, 0.1) is 0 Å². The van der Waals surface area contributed by atoms with Gasteiger partial charge < -0.3 is 14.7 Å². The van der Waals surface area contributed by atoms with Crippen LogP contribution >= 0.6 is 0 Å². The number of halogens is 3. The van der Waals surface area contributed by atoms with Crippen molar-refractivity contribution in [2.45, 2.75) is 43.7 Å². The van der Waals surface area contributed by atoms with E-state index in [9.17, 15) is 27.9 Å². The second-order valence-electron chi connectivity index (χ2n) is 7.58. The molecule has 0 unspecified atom stereocenters. The molecule has 3 atom stereocenters. The highest BCUT2D eigenvalue weighted by Crippen LogP contribution is 2.34. The number of hydrogen-bond donors (Lipinski definition) is 1. The van der Waals surface area contributed by atoms with E-state index in [4.69, 9.17) is 4.74 Å². The van der Waals surface area contributed by atoms with E-state index in [0.29, 0.717) is 24.0 Å². The quantitative estimate of drug-likeness (QED) is 0.771. The van der Waals surface area contributed by atoms with Gasteiger partial charge >= 0.3 is 12.1 Å². The van der Waals surface area contributed by atoms with Crippen molar-refractivity contribution in [1.82, 2.24) is 4.90 Å². The highest BCUT2D eigenvalue weighted by molar-refractivity contribution is 5.98. The van der Waals surface area contributed by atoms with Crippen LogP contribution < -0.4 is 0 Å². The van der Waals surface area contributed by atoms with Crippen LogP contribution in [0.5, 0.6) is 0 Å². The van der Waals surface area contributed by atoms with Gasteiger partial charge in [0.05, 0.1) is 11.6 Å². The van der Waals surface area contributed by atoms with Crippen molar-refractivity contribution in [2.75, 3.05) is 6.54 Å². The van der Waals surface area contributed by atoms with Gasteiger partial charge in [0.15, 0.2) is 6.10 Å². The topological polar surface area (TPSA) is 66.8 Å². The molecule has 1 amide bonds. The van der Waals surface area contributed by atoms with Crippen LogP contribution in [-0.2, 0) is 11.2 Å². The Labute approximate surface area is 171 Å². The largest absolute Gasteiger partial charge is 0.454 e. The zero-order valence-corrected chi connectivity index (χ0v) is 15.9. The monoisotopic (exact) mass is 419 g/mol. The number of alkyl halides is 3. The summed E-state index contributed by atoms with van der Waals surface area (Å²) in [5.74, 6) is -1.09. The third-order valence-electron chi connectivity index (χ3n) is 5.66. The second-order valence-corrected chi connectivity index (χ2v) is 7.58. The molecule has 2 aromatic rings. The molecule has 158 valence electrons. The molecule has 0 aliphatic carbocycles. The van der Waals surface area contributed by atoms with Crippen molar-refractivity contribution in [3.05, 3.63) is 70.8 Å². The van der Waals surface area contributed by atoms with E-state index in [-0.39, 0.29) is 18.5 Å². The zero-order valence-electron chi connectivity index (χ0n) is 15.9. The Morgan fingerprint density at radius 1 is 1.17 bits per heavy atom. The van der Waals surface area contributed by atoms with Gasteiger partial charge in [-0.2, -0.15) is 13.2 Å². The summed E-state index contributed by atoms with van der Waals surface area (Å²) in [6.07, 6.45) is -7.05. The number of aliphatic hydroxyl groups is 1. The van der Waals surface area contributed by atoms with E-state index in [1.807, 2.05) is 30.3 Å². The maximum Gasteiger partial charge on any atom is 0.416 e. The Balaban J connectivity index is 1.59. The Morgan fingerprint density at radius 3 is 2.60 bits per heavy atom. The number of esters is 1. The molecule has 2 aliphatic heterocycles. The normalized spacial score (nSPS) is 22.4. The second kappa shape index (κ2) is 7.75. The van der Waals surface area contributed by atoms with Crippen LogP contribution in [0.15, 0.2) is 48.5 Å². The van der Waals surface area contributed by atoms with Crippen molar-refractivity contribution < 1.29 is 32.6 Å². The van der Waals surface area contributed by atoms with Crippen molar-refractivity contribution >= 4 is 11.9 Å². The SMILES string of the molecule is O=C1O[C@H](c2ccccc2)Cc2cc(C(=O)N3CCC[C@H]3[C@H](O)C(F)(F)F)ccc21. The minimum absolute atomic E-state index is 0.0831. The summed E-state index contributed by atoms with van der Waals surface area (Å²) in [5, 5.41) is 9.66. The summed E-state index contributed by atoms with van der Waals surface area (Å²) in [7, 11) is 0. The number of amides is 1. The number of carbonyl (C=O) groups excluding carboxylic acids is 2. The van der Waals surface area contributed by atoms with Crippen molar-refractivity contribution in [3.8, 4) is 0 Å². The molecule has 2 aromatic carbocycles. The molecule has 0 spiro atoms. The number of carbonyl (C=O) groups is 2. The van der Waals surface area contributed by atoms with Gasteiger partial charge in [-0.1, -0.05) is 30.3 Å². The van der Waals surface area contributed by atoms with Gasteiger partial charge in [0.25, 0.3) is 5.91 Å². The number of rotatable bonds is 3. The highest BCUT2D eigenvalue weighted by Gasteiger charge is 2.48. The van der Waals surface area contributed by atoms with Crippen LogP contribution in [0.1, 0.15) is 50.8 Å². The Hall–Kier alpha value is -2.87. The fraction of sp³-hybridized carbons (Fsp3) is 0.364. The molecule has 2 aliphatic rings. The molecule has 2 heterocycles. The summed E-state index contributed by atoms with van der Waals surface area (Å²) in [6, 6.07) is 12.3. The number of cyclic esters (lactones) is 1. The average Bonchev–Trinajstić information content (AvgIpc) is 3.21. The molecule has 0 radical (unpaired) electrons. The van der Waals surface area contributed by atoms with E-state index < -0.39 is 36.3 Å². The van der Waals surface area contributed by atoms with Crippen molar-refractivity contribution in [2.24, 2.45) is 0 Å². The fourth-order valence-electron chi connectivity index (χ4n) is 4.14. The summed E-state index contributed by atoms with van der Waals surface area (Å²) >= 11 is 0. The molecule has 0 aromatic heterocycles. The number of fused-ring (bicyclic) bond motifs is 1. The molecule has 8 heteroatoms. The third kappa shape index (κ3) is 3.79. The van der Waals surface area contributed by atoms with E-state index >= 15 is 0 Å². The lowest BCUT2D eigenvalue weighted by atomic mass is 9.93. The lowest BCUT2D eigenvalue weighted by molar-refractivity contribution is -0.216. The predicted molar refractivity (Wildman–Crippen MR) is 101 cm³/mol. The smallest absolute Gasteiger partial charge is 0.416 e. The van der Waals surface area contributed by atoms with Crippen molar-refractivity contribution in [3.63, 3.8) is 0 Å². The Bertz CT molecular complexity index is 961. The zero-order chi connectivity index (χ0) is 21.5. The predicted octanol–water partition coefficient (Wildman–Crippen LogP) is 3.67. The molecule has 4 rings (SSSR count). The first-order chi connectivity index (χ1) is 14.3. The minimum atomic E-state index is -4.80. The molecule has 1 N–H and O–H groups in total. The van der Waals surface area contributed by atoms with Gasteiger partial charge in [-0.15, -0.1) is 0 Å². The molecule has 0 bridgehead atoms. The summed E-state index contributed by atoms with van der Waals surface area (Å²) in [4.78, 5) is 26.4. The van der Waals surface area contributed by atoms with E-state index in [1.165, 1.54) is 12.1 Å². The van der Waals surface area contributed by atoms with Crippen LogP contribution in [0.3, 0.4) is 0 Å². The third-order valence-corrected chi connectivity index (χ3v) is 5.66. The van der Waals surface area contributed by atoms with Gasteiger partial charge in [-0.05, 0) is 42.2 Å². The highest BCUT2D eigenvalue weighted by atomic mass is 19.4. The maximum absolute atomic E-state index is 13.0. The van der Waals surface area contributed by atoms with Crippen LogP contribution in [-0.4, -0.2) is 46.7 Å². The lowest BCUT2D eigenvalue weighted by Crippen LogP contribution is -2.49. The number of aliphatic hydroxyl groups excluding tert-OH is 1. The maximum atomic E-state index is 13.0. The molecular weight excluding hydrogens is 399 g/mol. The molecule has 5 nitrogen and oxygen atoms in total. The first-order valence-corrected chi connectivity index (χ1v) is 9.70. The average molecular weight is 419 g/mol. The number of nitrogens with zero attached hydrogens (tertiary/aromatic N) is 1. The van der Waals surface area contributed by atoms with Crippen LogP contribution in [0.2, 0.25) is 0 Å². The van der Waals surface area contributed by atoms with Gasteiger partial charge in [0.2, 0.25) is 0 Å².